The van der Waals surface area contributed by atoms with Crippen LogP contribution in [0.5, 0.6) is 0 Å². The normalized spacial score (nSPS) is 11.0. The van der Waals surface area contributed by atoms with E-state index in [0.29, 0.717) is 4.88 Å². The largest absolute Gasteiger partial charge is 0.456 e. The van der Waals surface area contributed by atoms with Gasteiger partial charge in [-0.2, -0.15) is 0 Å². The van der Waals surface area contributed by atoms with Crippen molar-refractivity contribution in [3.63, 3.8) is 0 Å². The molecule has 5 nitrogen and oxygen atoms in total. The first-order valence-corrected chi connectivity index (χ1v) is 7.28. The van der Waals surface area contributed by atoms with Gasteiger partial charge in [0.1, 0.15) is 17.0 Å². The molecule has 2 heterocycles. The summed E-state index contributed by atoms with van der Waals surface area (Å²) in [4.78, 5) is 28.8. The van der Waals surface area contributed by atoms with E-state index in [2.05, 4.69) is 10.3 Å². The molecule has 21 heavy (non-hydrogen) atoms. The van der Waals surface area contributed by atoms with Gasteiger partial charge in [0.2, 0.25) is 0 Å². The molecule has 0 atom stereocenters. The Labute approximate surface area is 127 Å². The van der Waals surface area contributed by atoms with Crippen molar-refractivity contribution in [3.05, 3.63) is 46.3 Å². The third-order valence-corrected chi connectivity index (χ3v) is 3.27. The zero-order chi connectivity index (χ0) is 15.5. The predicted molar refractivity (Wildman–Crippen MR) is 81.7 cm³/mol. The van der Waals surface area contributed by atoms with E-state index in [1.54, 1.807) is 45.0 Å². The van der Waals surface area contributed by atoms with Crippen LogP contribution in [0.15, 0.2) is 35.8 Å². The van der Waals surface area contributed by atoms with Crippen molar-refractivity contribution in [2.75, 3.05) is 5.32 Å². The number of hydrogen-bond acceptors (Lipinski definition) is 5. The van der Waals surface area contributed by atoms with Crippen LogP contribution >= 0.6 is 11.3 Å². The lowest BCUT2D eigenvalue weighted by atomic mass is 10.2. The second-order valence-electron chi connectivity index (χ2n) is 5.33. The summed E-state index contributed by atoms with van der Waals surface area (Å²) in [5.41, 5.74) is -0.376. The van der Waals surface area contributed by atoms with Crippen molar-refractivity contribution in [3.8, 4) is 0 Å². The summed E-state index contributed by atoms with van der Waals surface area (Å²) in [6.45, 7) is 5.35. The quantitative estimate of drug-likeness (QED) is 0.883. The Bertz CT molecular complexity index is 645. The van der Waals surface area contributed by atoms with Crippen molar-refractivity contribution in [1.29, 1.82) is 0 Å². The molecule has 1 N–H and O–H groups in total. The first-order valence-electron chi connectivity index (χ1n) is 6.40. The fourth-order valence-corrected chi connectivity index (χ4v) is 2.20. The molecule has 0 bridgehead atoms. The van der Waals surface area contributed by atoms with Crippen LogP contribution in [0, 0.1) is 0 Å². The molecule has 0 aliphatic rings. The topological polar surface area (TPSA) is 68.3 Å². The number of aromatic nitrogens is 1. The number of nitrogens with one attached hydrogen (secondary N) is 1. The molecule has 0 unspecified atom stereocenters. The molecule has 0 saturated carbocycles. The monoisotopic (exact) mass is 304 g/mol. The molecule has 0 fully saturated rings. The minimum Gasteiger partial charge on any atom is -0.456 e. The van der Waals surface area contributed by atoms with E-state index < -0.39 is 11.6 Å². The standard InChI is InChI=1S/C15H16N2O3S/c1-15(2,3)20-14(19)10-6-4-8-16-12(10)17-13(18)11-7-5-9-21-11/h4-9H,1-3H3,(H,16,17,18). The Balaban J connectivity index is 2.21. The molecule has 0 radical (unpaired) electrons. The molecule has 2 aromatic rings. The summed E-state index contributed by atoms with van der Waals surface area (Å²) in [5, 5.41) is 4.45. The van der Waals surface area contributed by atoms with Crippen LogP contribution in [0.25, 0.3) is 0 Å². The van der Waals surface area contributed by atoms with Crippen LogP contribution in [0.4, 0.5) is 5.82 Å². The van der Waals surface area contributed by atoms with Gasteiger partial charge >= 0.3 is 5.97 Å². The molecule has 0 saturated heterocycles. The molecule has 1 amide bonds. The van der Waals surface area contributed by atoms with E-state index in [9.17, 15) is 9.59 Å². The van der Waals surface area contributed by atoms with Crippen molar-refractivity contribution in [2.45, 2.75) is 26.4 Å². The Kier molecular flexibility index (Phi) is 4.37. The fourth-order valence-electron chi connectivity index (χ4n) is 1.58. The van der Waals surface area contributed by atoms with E-state index in [-0.39, 0.29) is 17.3 Å². The Morgan fingerprint density at radius 2 is 2.00 bits per heavy atom. The number of thiophene rings is 1. The van der Waals surface area contributed by atoms with E-state index in [4.69, 9.17) is 4.74 Å². The smallest absolute Gasteiger partial charge is 0.342 e. The highest BCUT2D eigenvalue weighted by Gasteiger charge is 2.22. The Morgan fingerprint density at radius 3 is 2.62 bits per heavy atom. The molecule has 2 aromatic heterocycles. The molecule has 0 aliphatic carbocycles. The zero-order valence-electron chi connectivity index (χ0n) is 12.0. The summed E-state index contributed by atoms with van der Waals surface area (Å²) in [7, 11) is 0. The van der Waals surface area contributed by atoms with E-state index >= 15 is 0 Å². The van der Waals surface area contributed by atoms with Crippen LogP contribution in [0.1, 0.15) is 40.8 Å². The summed E-state index contributed by atoms with van der Waals surface area (Å²) in [6, 6.07) is 6.69. The highest BCUT2D eigenvalue weighted by atomic mass is 32.1. The number of amides is 1. The van der Waals surface area contributed by atoms with Crippen LogP contribution < -0.4 is 5.32 Å². The van der Waals surface area contributed by atoms with Crippen LogP contribution in [-0.4, -0.2) is 22.5 Å². The van der Waals surface area contributed by atoms with Gasteiger partial charge in [0.25, 0.3) is 5.91 Å². The van der Waals surface area contributed by atoms with E-state index in [0.717, 1.165) is 0 Å². The first kappa shape index (κ1) is 15.2. The molecule has 0 aromatic carbocycles. The minimum atomic E-state index is -0.609. The SMILES string of the molecule is CC(C)(C)OC(=O)c1cccnc1NC(=O)c1cccs1. The fraction of sp³-hybridized carbons (Fsp3) is 0.267. The number of ether oxygens (including phenoxy) is 1. The van der Waals surface area contributed by atoms with Crippen molar-refractivity contribution >= 4 is 29.0 Å². The molecular weight excluding hydrogens is 288 g/mol. The zero-order valence-corrected chi connectivity index (χ0v) is 12.9. The van der Waals surface area contributed by atoms with Gasteiger partial charge in [-0.1, -0.05) is 6.07 Å². The molecule has 110 valence electrons. The number of pyridine rings is 1. The van der Waals surface area contributed by atoms with Crippen molar-refractivity contribution < 1.29 is 14.3 Å². The molecule has 0 spiro atoms. The van der Waals surface area contributed by atoms with Gasteiger partial charge in [-0.05, 0) is 44.4 Å². The van der Waals surface area contributed by atoms with Gasteiger partial charge in [-0.25, -0.2) is 9.78 Å². The minimum absolute atomic E-state index is 0.199. The van der Waals surface area contributed by atoms with Gasteiger partial charge in [-0.3, -0.25) is 4.79 Å². The molecular formula is C15H16N2O3S. The first-order chi connectivity index (χ1) is 9.87. The number of carbonyl (C=O) groups is 2. The maximum Gasteiger partial charge on any atom is 0.342 e. The van der Waals surface area contributed by atoms with Crippen LogP contribution in [0.2, 0.25) is 0 Å². The second-order valence-corrected chi connectivity index (χ2v) is 6.28. The Hall–Kier alpha value is -2.21. The van der Waals surface area contributed by atoms with Crippen LogP contribution in [0.3, 0.4) is 0 Å². The predicted octanol–water partition coefficient (Wildman–Crippen LogP) is 3.35. The summed E-state index contributed by atoms with van der Waals surface area (Å²) >= 11 is 1.32. The van der Waals surface area contributed by atoms with E-state index in [1.165, 1.54) is 17.5 Å². The molecule has 2 rings (SSSR count). The lowest BCUT2D eigenvalue weighted by Crippen LogP contribution is -2.25. The highest BCUT2D eigenvalue weighted by Crippen LogP contribution is 2.19. The summed E-state index contributed by atoms with van der Waals surface area (Å²) in [5.74, 6) is -0.615. The molecule has 6 heteroatoms. The van der Waals surface area contributed by atoms with Gasteiger partial charge in [-0.15, -0.1) is 11.3 Å². The average Bonchev–Trinajstić information content (AvgIpc) is 2.91. The number of carbonyl (C=O) groups excluding carboxylic acids is 2. The number of esters is 1. The van der Waals surface area contributed by atoms with Crippen LogP contribution in [-0.2, 0) is 4.74 Å². The number of hydrogen-bond donors (Lipinski definition) is 1. The second kappa shape index (κ2) is 6.05. The number of rotatable bonds is 3. The van der Waals surface area contributed by atoms with Crippen molar-refractivity contribution in [2.24, 2.45) is 0 Å². The van der Waals surface area contributed by atoms with Gasteiger partial charge in [0.15, 0.2) is 0 Å². The highest BCUT2D eigenvalue weighted by molar-refractivity contribution is 7.12. The van der Waals surface area contributed by atoms with E-state index in [1.807, 2.05) is 5.38 Å². The maximum absolute atomic E-state index is 12.1. The van der Waals surface area contributed by atoms with Crippen molar-refractivity contribution in [1.82, 2.24) is 4.98 Å². The molecule has 0 aliphatic heterocycles. The van der Waals surface area contributed by atoms with Gasteiger partial charge < -0.3 is 10.1 Å². The summed E-state index contributed by atoms with van der Waals surface area (Å²) in [6.07, 6.45) is 1.51. The lowest BCUT2D eigenvalue weighted by molar-refractivity contribution is 0.00704. The number of anilines is 1. The third kappa shape index (κ3) is 4.13. The van der Waals surface area contributed by atoms with Gasteiger partial charge in [0, 0.05) is 6.20 Å². The number of nitrogens with zero attached hydrogens (tertiary/aromatic N) is 1. The lowest BCUT2D eigenvalue weighted by Gasteiger charge is -2.20. The maximum atomic E-state index is 12.1. The summed E-state index contributed by atoms with van der Waals surface area (Å²) < 4.78 is 5.31. The third-order valence-electron chi connectivity index (χ3n) is 2.40. The average molecular weight is 304 g/mol. The van der Waals surface area contributed by atoms with Gasteiger partial charge in [0.05, 0.1) is 4.88 Å². The Morgan fingerprint density at radius 1 is 1.24 bits per heavy atom.